The van der Waals surface area contributed by atoms with Gasteiger partial charge in [0.1, 0.15) is 12.4 Å². The van der Waals surface area contributed by atoms with Crippen molar-refractivity contribution in [1.29, 1.82) is 0 Å². The zero-order valence-electron chi connectivity index (χ0n) is 12.1. The van der Waals surface area contributed by atoms with Crippen molar-refractivity contribution in [2.75, 3.05) is 47.3 Å². The maximum absolute atomic E-state index is 11.9. The lowest BCUT2D eigenvalue weighted by Gasteiger charge is -2.06. The minimum atomic E-state index is -0.0517. The first-order chi connectivity index (χ1) is 9.77. The largest absolute Gasteiger partial charge is 0.497 e. The highest BCUT2D eigenvalue weighted by Crippen LogP contribution is 2.13. The molecule has 0 radical (unpaired) electrons. The minimum Gasteiger partial charge on any atom is -0.497 e. The number of rotatable bonds is 11. The summed E-state index contributed by atoms with van der Waals surface area (Å²) < 4.78 is 20.6. The molecule has 0 saturated carbocycles. The Morgan fingerprint density at radius 1 is 1.05 bits per heavy atom. The summed E-state index contributed by atoms with van der Waals surface area (Å²) in [6, 6.07) is 7.05. The molecule has 0 heterocycles. The molecule has 0 unspecified atom stereocenters. The highest BCUT2D eigenvalue weighted by Gasteiger charge is 2.06. The van der Waals surface area contributed by atoms with Crippen LogP contribution in [-0.4, -0.2) is 53.0 Å². The van der Waals surface area contributed by atoms with Gasteiger partial charge < -0.3 is 18.9 Å². The maximum atomic E-state index is 11.9. The SMILES string of the molecule is COCCOCCCOCC(=O)c1cccc(OC)c1. The van der Waals surface area contributed by atoms with E-state index in [1.54, 1.807) is 38.5 Å². The lowest BCUT2D eigenvalue weighted by atomic mass is 10.1. The summed E-state index contributed by atoms with van der Waals surface area (Å²) >= 11 is 0. The summed E-state index contributed by atoms with van der Waals surface area (Å²) in [4.78, 5) is 11.9. The van der Waals surface area contributed by atoms with Gasteiger partial charge >= 0.3 is 0 Å². The Hall–Kier alpha value is -1.43. The Labute approximate surface area is 119 Å². The first-order valence-corrected chi connectivity index (χ1v) is 6.59. The molecule has 0 saturated heterocycles. The first kappa shape index (κ1) is 16.6. The van der Waals surface area contributed by atoms with Gasteiger partial charge in [0.25, 0.3) is 0 Å². The van der Waals surface area contributed by atoms with E-state index in [2.05, 4.69) is 0 Å². The molecule has 1 rings (SSSR count). The predicted molar refractivity (Wildman–Crippen MR) is 75.5 cm³/mol. The highest BCUT2D eigenvalue weighted by molar-refractivity contribution is 5.97. The summed E-state index contributed by atoms with van der Waals surface area (Å²) in [6.07, 6.45) is 0.759. The molecule has 20 heavy (non-hydrogen) atoms. The normalized spacial score (nSPS) is 10.5. The second-order valence-electron chi connectivity index (χ2n) is 4.17. The van der Waals surface area contributed by atoms with Gasteiger partial charge in [0.15, 0.2) is 5.78 Å². The van der Waals surface area contributed by atoms with E-state index in [0.29, 0.717) is 37.7 Å². The summed E-state index contributed by atoms with van der Waals surface area (Å²) in [5.41, 5.74) is 0.598. The molecule has 112 valence electrons. The fourth-order valence-electron chi connectivity index (χ4n) is 1.55. The Morgan fingerprint density at radius 3 is 2.60 bits per heavy atom. The van der Waals surface area contributed by atoms with Crippen LogP contribution in [0.3, 0.4) is 0 Å². The van der Waals surface area contributed by atoms with Gasteiger partial charge in [0.05, 0.1) is 20.3 Å². The van der Waals surface area contributed by atoms with Crippen molar-refractivity contribution < 1.29 is 23.7 Å². The summed E-state index contributed by atoms with van der Waals surface area (Å²) in [5, 5.41) is 0. The first-order valence-electron chi connectivity index (χ1n) is 6.59. The molecule has 1 aromatic rings. The molecule has 1 aromatic carbocycles. The van der Waals surface area contributed by atoms with E-state index in [9.17, 15) is 4.79 Å². The van der Waals surface area contributed by atoms with Crippen LogP contribution in [0.2, 0.25) is 0 Å². The second-order valence-corrected chi connectivity index (χ2v) is 4.17. The van der Waals surface area contributed by atoms with Crippen LogP contribution in [0.15, 0.2) is 24.3 Å². The zero-order chi connectivity index (χ0) is 14.6. The van der Waals surface area contributed by atoms with Crippen molar-refractivity contribution >= 4 is 5.78 Å². The predicted octanol–water partition coefficient (Wildman–Crippen LogP) is 1.95. The van der Waals surface area contributed by atoms with E-state index in [0.717, 1.165) is 6.42 Å². The van der Waals surface area contributed by atoms with Crippen LogP contribution in [0.4, 0.5) is 0 Å². The molecule has 5 heteroatoms. The number of carbonyl (C=O) groups is 1. The van der Waals surface area contributed by atoms with E-state index < -0.39 is 0 Å². The molecule has 0 amide bonds. The van der Waals surface area contributed by atoms with Gasteiger partial charge in [-0.1, -0.05) is 12.1 Å². The Balaban J connectivity index is 2.13. The lowest BCUT2D eigenvalue weighted by Crippen LogP contribution is -2.11. The summed E-state index contributed by atoms with van der Waals surface area (Å²) in [6.45, 7) is 2.36. The zero-order valence-corrected chi connectivity index (χ0v) is 12.1. The van der Waals surface area contributed by atoms with Gasteiger partial charge in [-0.2, -0.15) is 0 Å². The van der Waals surface area contributed by atoms with Crippen LogP contribution in [0.25, 0.3) is 0 Å². The Morgan fingerprint density at radius 2 is 1.85 bits per heavy atom. The molecule has 0 aliphatic rings. The van der Waals surface area contributed by atoms with Gasteiger partial charge in [-0.3, -0.25) is 4.79 Å². The average molecular weight is 282 g/mol. The summed E-state index contributed by atoms with van der Waals surface area (Å²) in [7, 11) is 3.21. The Kier molecular flexibility index (Phi) is 8.62. The fourth-order valence-corrected chi connectivity index (χ4v) is 1.55. The molecule has 0 atom stereocenters. The fraction of sp³-hybridized carbons (Fsp3) is 0.533. The highest BCUT2D eigenvalue weighted by atomic mass is 16.5. The van der Waals surface area contributed by atoms with Crippen LogP contribution in [0.5, 0.6) is 5.75 Å². The van der Waals surface area contributed by atoms with Crippen molar-refractivity contribution in [2.24, 2.45) is 0 Å². The number of ether oxygens (including phenoxy) is 4. The van der Waals surface area contributed by atoms with Crippen LogP contribution in [0.1, 0.15) is 16.8 Å². The van der Waals surface area contributed by atoms with E-state index in [4.69, 9.17) is 18.9 Å². The van der Waals surface area contributed by atoms with Crippen LogP contribution in [0, 0.1) is 0 Å². The van der Waals surface area contributed by atoms with Gasteiger partial charge in [0, 0.05) is 25.9 Å². The molecule has 0 spiro atoms. The van der Waals surface area contributed by atoms with Crippen molar-refractivity contribution in [3.63, 3.8) is 0 Å². The monoisotopic (exact) mass is 282 g/mol. The molecule has 0 aliphatic heterocycles. The molecule has 0 aliphatic carbocycles. The second kappa shape index (κ2) is 10.4. The van der Waals surface area contributed by atoms with Crippen molar-refractivity contribution in [3.05, 3.63) is 29.8 Å². The number of hydrogen-bond donors (Lipinski definition) is 0. The molecule has 0 aromatic heterocycles. The molecule has 0 N–H and O–H groups in total. The van der Waals surface area contributed by atoms with E-state index in [1.807, 2.05) is 0 Å². The molecule has 0 bridgehead atoms. The maximum Gasteiger partial charge on any atom is 0.188 e. The quantitative estimate of drug-likeness (QED) is 0.458. The third kappa shape index (κ3) is 6.65. The lowest BCUT2D eigenvalue weighted by molar-refractivity contribution is 0.0488. The van der Waals surface area contributed by atoms with E-state index in [-0.39, 0.29) is 12.4 Å². The standard InChI is InChI=1S/C15H22O5/c1-17-9-10-19-7-4-8-20-12-15(16)13-5-3-6-14(11-13)18-2/h3,5-6,11H,4,7-10,12H2,1-2H3. The molecular weight excluding hydrogens is 260 g/mol. The van der Waals surface area contributed by atoms with E-state index >= 15 is 0 Å². The molecule has 5 nitrogen and oxygen atoms in total. The third-order valence-electron chi connectivity index (χ3n) is 2.63. The van der Waals surface area contributed by atoms with Gasteiger partial charge in [-0.05, 0) is 18.6 Å². The van der Waals surface area contributed by atoms with Gasteiger partial charge in [-0.25, -0.2) is 0 Å². The minimum absolute atomic E-state index is 0.0517. The number of Topliss-reactive ketones (excluding diaryl/α,β-unsaturated/α-hetero) is 1. The smallest absolute Gasteiger partial charge is 0.188 e. The number of methoxy groups -OCH3 is 2. The van der Waals surface area contributed by atoms with Crippen LogP contribution in [-0.2, 0) is 14.2 Å². The van der Waals surface area contributed by atoms with Crippen molar-refractivity contribution in [1.82, 2.24) is 0 Å². The topological polar surface area (TPSA) is 54.0 Å². The average Bonchev–Trinajstić information content (AvgIpc) is 2.49. The number of benzene rings is 1. The van der Waals surface area contributed by atoms with Gasteiger partial charge in [0.2, 0.25) is 0 Å². The Bertz CT molecular complexity index is 392. The van der Waals surface area contributed by atoms with Gasteiger partial charge in [-0.15, -0.1) is 0 Å². The third-order valence-corrected chi connectivity index (χ3v) is 2.63. The van der Waals surface area contributed by atoms with Crippen LogP contribution < -0.4 is 4.74 Å². The molecular formula is C15H22O5. The number of ketones is 1. The van der Waals surface area contributed by atoms with E-state index in [1.165, 1.54) is 0 Å². The number of carbonyl (C=O) groups excluding carboxylic acids is 1. The van der Waals surface area contributed by atoms with Crippen molar-refractivity contribution in [3.8, 4) is 5.75 Å². The van der Waals surface area contributed by atoms with Crippen molar-refractivity contribution in [2.45, 2.75) is 6.42 Å². The molecule has 0 fully saturated rings. The van der Waals surface area contributed by atoms with Crippen LogP contribution >= 0.6 is 0 Å². The number of hydrogen-bond acceptors (Lipinski definition) is 5. The summed E-state index contributed by atoms with van der Waals surface area (Å²) in [5.74, 6) is 0.617.